The van der Waals surface area contributed by atoms with Crippen molar-refractivity contribution in [2.24, 2.45) is 7.05 Å². The van der Waals surface area contributed by atoms with E-state index < -0.39 is 5.54 Å². The fraction of sp³-hybridized carbons (Fsp3) is 0.357. The second-order valence-corrected chi connectivity index (χ2v) is 5.66. The zero-order valence-electron chi connectivity index (χ0n) is 12.0. The van der Waals surface area contributed by atoms with E-state index in [1.54, 1.807) is 14.1 Å². The van der Waals surface area contributed by atoms with Crippen molar-refractivity contribution < 1.29 is 0 Å². The van der Waals surface area contributed by atoms with E-state index in [2.05, 4.69) is 21.6 Å². The number of aromatic amines is 1. The Morgan fingerprint density at radius 3 is 2.71 bits per heavy atom. The molecule has 0 radical (unpaired) electrons. The molecule has 0 aliphatic carbocycles. The van der Waals surface area contributed by atoms with Crippen LogP contribution in [0.3, 0.4) is 0 Å². The smallest absolute Gasteiger partial charge is 0.299 e. The molecule has 0 saturated heterocycles. The summed E-state index contributed by atoms with van der Waals surface area (Å²) >= 11 is 1.45. The predicted molar refractivity (Wildman–Crippen MR) is 82.0 cm³/mol. The highest BCUT2D eigenvalue weighted by atomic mass is 32.2. The number of hydrogen-bond donors (Lipinski definition) is 2. The summed E-state index contributed by atoms with van der Waals surface area (Å²) in [4.78, 5) is 11.3. The fourth-order valence-electron chi connectivity index (χ4n) is 2.07. The Morgan fingerprint density at radius 2 is 2.19 bits per heavy atom. The molecule has 1 atom stereocenters. The van der Waals surface area contributed by atoms with Gasteiger partial charge in [0, 0.05) is 12.8 Å². The van der Waals surface area contributed by atoms with E-state index in [9.17, 15) is 10.1 Å². The summed E-state index contributed by atoms with van der Waals surface area (Å²) in [7, 11) is 3.45. The maximum absolute atomic E-state index is 11.3. The fourth-order valence-corrected chi connectivity index (χ4v) is 3.05. The molecule has 1 aromatic carbocycles. The number of rotatable bonds is 6. The van der Waals surface area contributed by atoms with Gasteiger partial charge in [0.2, 0.25) is 0 Å². The third-order valence-electron chi connectivity index (χ3n) is 3.43. The molecule has 7 heteroatoms. The minimum absolute atomic E-state index is 0.235. The van der Waals surface area contributed by atoms with Gasteiger partial charge < -0.3 is 0 Å². The Balaban J connectivity index is 2.10. The first-order chi connectivity index (χ1) is 10.1. The van der Waals surface area contributed by atoms with Gasteiger partial charge in [-0.25, -0.2) is 9.89 Å². The number of aromatic nitrogens is 3. The summed E-state index contributed by atoms with van der Waals surface area (Å²) in [6.07, 6.45) is 0.607. The summed E-state index contributed by atoms with van der Waals surface area (Å²) in [6, 6.07) is 12.0. The number of nitrogens with zero attached hydrogens (tertiary/aromatic N) is 3. The normalized spacial score (nSPS) is 13.6. The largest absolute Gasteiger partial charge is 0.343 e. The minimum atomic E-state index is -0.733. The summed E-state index contributed by atoms with van der Waals surface area (Å²) < 4.78 is 1.46. The van der Waals surface area contributed by atoms with Gasteiger partial charge in [0.15, 0.2) is 5.16 Å². The zero-order valence-corrected chi connectivity index (χ0v) is 12.8. The third kappa shape index (κ3) is 3.17. The molecule has 1 aromatic heterocycles. The van der Waals surface area contributed by atoms with E-state index in [0.717, 1.165) is 5.56 Å². The molecule has 2 aromatic rings. The number of nitriles is 1. The minimum Gasteiger partial charge on any atom is -0.299 e. The molecule has 6 nitrogen and oxygen atoms in total. The molecule has 0 aliphatic rings. The van der Waals surface area contributed by atoms with Crippen LogP contribution in [0.2, 0.25) is 0 Å². The third-order valence-corrected chi connectivity index (χ3v) is 4.46. The van der Waals surface area contributed by atoms with Gasteiger partial charge in [-0.3, -0.25) is 9.88 Å². The van der Waals surface area contributed by atoms with E-state index in [0.29, 0.717) is 17.3 Å². The molecule has 2 N–H and O–H groups in total. The van der Waals surface area contributed by atoms with Gasteiger partial charge in [0.1, 0.15) is 5.54 Å². The molecular formula is C14H17N5OS. The summed E-state index contributed by atoms with van der Waals surface area (Å²) in [5.74, 6) is 0.668. The highest BCUT2D eigenvalue weighted by Gasteiger charge is 2.30. The molecule has 0 amide bonds. The summed E-state index contributed by atoms with van der Waals surface area (Å²) in [5.41, 5.74) is -0.0316. The summed E-state index contributed by atoms with van der Waals surface area (Å²) in [6.45, 7) is 0. The van der Waals surface area contributed by atoms with E-state index >= 15 is 0 Å². The van der Waals surface area contributed by atoms with Gasteiger partial charge in [-0.2, -0.15) is 5.26 Å². The van der Waals surface area contributed by atoms with Crippen molar-refractivity contribution in [3.8, 4) is 6.07 Å². The molecule has 0 saturated carbocycles. The number of hydrogen-bond acceptors (Lipinski definition) is 5. The lowest BCUT2D eigenvalue weighted by atomic mass is 9.89. The topological polar surface area (TPSA) is 86.5 Å². The van der Waals surface area contributed by atoms with Gasteiger partial charge in [0.25, 0.3) is 0 Å². The van der Waals surface area contributed by atoms with Crippen LogP contribution in [0.4, 0.5) is 0 Å². The molecule has 21 heavy (non-hydrogen) atoms. The van der Waals surface area contributed by atoms with Crippen LogP contribution in [0.1, 0.15) is 12.0 Å². The molecule has 1 heterocycles. The molecule has 0 aliphatic heterocycles. The maximum Gasteiger partial charge on any atom is 0.343 e. The molecule has 1 unspecified atom stereocenters. The first-order valence-corrected chi connectivity index (χ1v) is 7.51. The second kappa shape index (κ2) is 6.61. The molecule has 0 fully saturated rings. The lowest BCUT2D eigenvalue weighted by Gasteiger charge is -2.26. The van der Waals surface area contributed by atoms with Crippen molar-refractivity contribution in [3.05, 3.63) is 46.4 Å². The molecular weight excluding hydrogens is 286 g/mol. The van der Waals surface area contributed by atoms with Gasteiger partial charge in [-0.05, 0) is 19.0 Å². The number of nitrogens with one attached hydrogen (secondary N) is 2. The van der Waals surface area contributed by atoms with Gasteiger partial charge in [-0.1, -0.05) is 42.1 Å². The highest BCUT2D eigenvalue weighted by molar-refractivity contribution is 7.99. The van der Waals surface area contributed by atoms with Crippen LogP contribution in [0.5, 0.6) is 0 Å². The average molecular weight is 303 g/mol. The summed E-state index contributed by atoms with van der Waals surface area (Å²) in [5, 5.41) is 19.7. The van der Waals surface area contributed by atoms with Crippen molar-refractivity contribution in [2.75, 3.05) is 12.8 Å². The Morgan fingerprint density at radius 1 is 1.48 bits per heavy atom. The zero-order chi connectivity index (χ0) is 15.3. The van der Waals surface area contributed by atoms with Gasteiger partial charge in [0.05, 0.1) is 6.07 Å². The van der Waals surface area contributed by atoms with Crippen LogP contribution < -0.4 is 11.0 Å². The molecule has 0 spiro atoms. The highest BCUT2D eigenvalue weighted by Crippen LogP contribution is 2.27. The average Bonchev–Trinajstić information content (AvgIpc) is 2.85. The standard InChI is InChI=1S/C14H17N5OS/c1-16-14(10-15,11-6-4-3-5-7-11)8-9-21-13-18-17-12(20)19(13)2/h3-7,16H,8-9H2,1-2H3,(H,17,20). The predicted octanol–water partition coefficient (Wildman–Crippen LogP) is 1.23. The van der Waals surface area contributed by atoms with Gasteiger partial charge in [-0.15, -0.1) is 5.10 Å². The van der Waals surface area contributed by atoms with Crippen molar-refractivity contribution in [2.45, 2.75) is 17.1 Å². The number of thioether (sulfide) groups is 1. The second-order valence-electron chi connectivity index (χ2n) is 4.60. The SMILES string of the molecule is CNC(C#N)(CCSc1n[nH]c(=O)n1C)c1ccccc1. The van der Waals surface area contributed by atoms with E-state index in [1.807, 2.05) is 30.3 Å². The maximum atomic E-state index is 11.3. The Labute approximate surface area is 127 Å². The molecule has 2 rings (SSSR count). The quantitative estimate of drug-likeness (QED) is 0.784. The van der Waals surface area contributed by atoms with Crippen molar-refractivity contribution in [1.82, 2.24) is 20.1 Å². The van der Waals surface area contributed by atoms with Crippen LogP contribution in [-0.4, -0.2) is 27.6 Å². The van der Waals surface area contributed by atoms with Crippen LogP contribution in [0.25, 0.3) is 0 Å². The van der Waals surface area contributed by atoms with Crippen LogP contribution in [-0.2, 0) is 12.6 Å². The Bertz CT molecular complexity index is 687. The van der Waals surface area contributed by atoms with Crippen molar-refractivity contribution >= 4 is 11.8 Å². The number of benzene rings is 1. The number of H-pyrrole nitrogens is 1. The monoisotopic (exact) mass is 303 g/mol. The lowest BCUT2D eigenvalue weighted by Crippen LogP contribution is -2.39. The Hall–Kier alpha value is -2.04. The van der Waals surface area contributed by atoms with E-state index in [4.69, 9.17) is 0 Å². The molecule has 110 valence electrons. The first-order valence-electron chi connectivity index (χ1n) is 6.53. The molecule has 0 bridgehead atoms. The van der Waals surface area contributed by atoms with Crippen LogP contribution in [0, 0.1) is 11.3 Å². The van der Waals surface area contributed by atoms with Crippen LogP contribution in [0.15, 0.2) is 40.3 Å². The van der Waals surface area contributed by atoms with Crippen molar-refractivity contribution in [1.29, 1.82) is 5.26 Å². The lowest BCUT2D eigenvalue weighted by molar-refractivity contribution is 0.456. The first kappa shape index (κ1) is 15.4. The Kier molecular flexibility index (Phi) is 4.83. The van der Waals surface area contributed by atoms with Gasteiger partial charge >= 0.3 is 5.69 Å². The van der Waals surface area contributed by atoms with Crippen LogP contribution >= 0.6 is 11.8 Å². The van der Waals surface area contributed by atoms with E-state index in [1.165, 1.54) is 16.3 Å². The van der Waals surface area contributed by atoms with E-state index in [-0.39, 0.29) is 5.69 Å². The van der Waals surface area contributed by atoms with Crippen molar-refractivity contribution in [3.63, 3.8) is 0 Å².